The lowest BCUT2D eigenvalue weighted by molar-refractivity contribution is -0.0676. The zero-order valence-corrected chi connectivity index (χ0v) is 15.5. The van der Waals surface area contributed by atoms with Crippen LogP contribution in [0.1, 0.15) is 26.0 Å². The molecule has 1 aliphatic heterocycles. The summed E-state index contributed by atoms with van der Waals surface area (Å²) in [7, 11) is 0. The van der Waals surface area contributed by atoms with E-state index in [4.69, 9.17) is 19.9 Å². The number of carbonyl (C=O) groups is 1. The molecule has 11 nitrogen and oxygen atoms in total. The summed E-state index contributed by atoms with van der Waals surface area (Å²) < 4.78 is 17.8. The molecule has 2 aromatic rings. The molecule has 3 rings (SSSR count). The fraction of sp³-hybridized carbons (Fsp3) is 0.600. The van der Waals surface area contributed by atoms with Crippen molar-refractivity contribution < 1.29 is 24.1 Å². The minimum absolute atomic E-state index is 0.0482. The van der Waals surface area contributed by atoms with Crippen LogP contribution in [0.15, 0.2) is 4.79 Å². The maximum atomic E-state index is 12.5. The van der Waals surface area contributed by atoms with Crippen LogP contribution in [0.25, 0.3) is 10.3 Å². The highest BCUT2D eigenvalue weighted by atomic mass is 32.1. The van der Waals surface area contributed by atoms with E-state index >= 15 is 0 Å². The monoisotopic (exact) mass is 399 g/mol. The quantitative estimate of drug-likeness (QED) is 0.587. The van der Waals surface area contributed by atoms with E-state index in [2.05, 4.69) is 15.3 Å². The van der Waals surface area contributed by atoms with Gasteiger partial charge in [0.05, 0.1) is 13.2 Å². The van der Waals surface area contributed by atoms with E-state index in [1.54, 1.807) is 6.92 Å². The first kappa shape index (κ1) is 19.3. The zero-order valence-electron chi connectivity index (χ0n) is 14.7. The summed E-state index contributed by atoms with van der Waals surface area (Å²) in [4.78, 5) is 31.7. The molecule has 0 saturated carbocycles. The number of ether oxygens (including phenoxy) is 3. The van der Waals surface area contributed by atoms with Crippen LogP contribution in [-0.4, -0.2) is 52.3 Å². The molecule has 3 heterocycles. The molecule has 1 amide bonds. The third kappa shape index (κ3) is 4.28. The molecule has 2 atom stereocenters. The van der Waals surface area contributed by atoms with Crippen molar-refractivity contribution in [2.45, 2.75) is 26.0 Å². The molecule has 12 heteroatoms. The molecule has 0 aliphatic carbocycles. The summed E-state index contributed by atoms with van der Waals surface area (Å²) >= 11 is 0.912. The van der Waals surface area contributed by atoms with Crippen LogP contribution in [0.2, 0.25) is 0 Å². The van der Waals surface area contributed by atoms with Gasteiger partial charge in [0.1, 0.15) is 10.9 Å². The van der Waals surface area contributed by atoms with Crippen LogP contribution in [0.4, 0.5) is 10.7 Å². The Morgan fingerprint density at radius 1 is 1.48 bits per heavy atom. The maximum absolute atomic E-state index is 12.5. The number of aliphatic hydroxyl groups is 1. The van der Waals surface area contributed by atoms with Gasteiger partial charge in [-0.2, -0.15) is 9.97 Å². The van der Waals surface area contributed by atoms with Gasteiger partial charge in [0.2, 0.25) is 11.8 Å². The third-order valence-corrected chi connectivity index (χ3v) is 4.97. The minimum Gasteiger partial charge on any atom is -0.455 e. The Balaban J connectivity index is 1.83. The van der Waals surface area contributed by atoms with Crippen LogP contribution in [0, 0.1) is 5.92 Å². The normalized spacial score (nSPS) is 19.8. The predicted octanol–water partition coefficient (Wildman–Crippen LogP) is 0.435. The average molecular weight is 399 g/mol. The van der Waals surface area contributed by atoms with Gasteiger partial charge in [-0.1, -0.05) is 11.3 Å². The lowest BCUT2D eigenvalue weighted by atomic mass is 10.0. The topological polar surface area (TPSA) is 151 Å². The molecule has 148 valence electrons. The van der Waals surface area contributed by atoms with Gasteiger partial charge < -0.3 is 25.1 Å². The van der Waals surface area contributed by atoms with Crippen LogP contribution < -0.4 is 20.7 Å². The number of anilines is 1. The highest BCUT2D eigenvalue weighted by molar-refractivity contribution is 7.16. The van der Waals surface area contributed by atoms with Gasteiger partial charge in [0.15, 0.2) is 12.4 Å². The summed E-state index contributed by atoms with van der Waals surface area (Å²) in [5.41, 5.74) is 6.07. The Labute approximate surface area is 158 Å². The second-order valence-corrected chi connectivity index (χ2v) is 6.84. The fourth-order valence-corrected chi connectivity index (χ4v) is 3.65. The SMILES string of the molecule is CCOC(=O)NCOc1nc(N)nc2c1sc(=O)n2C1CCC(CO)CO1. The summed E-state index contributed by atoms with van der Waals surface area (Å²) in [6, 6.07) is 0. The molecular formula is C15H21N5O6S. The highest BCUT2D eigenvalue weighted by Crippen LogP contribution is 2.32. The molecule has 4 N–H and O–H groups in total. The van der Waals surface area contributed by atoms with E-state index < -0.39 is 12.3 Å². The number of alkyl carbamates (subject to hydrolysis) is 1. The number of carbonyl (C=O) groups excluding carboxylic acids is 1. The number of nitrogens with zero attached hydrogens (tertiary/aromatic N) is 3. The van der Waals surface area contributed by atoms with Crippen molar-refractivity contribution in [2.24, 2.45) is 5.92 Å². The lowest BCUT2D eigenvalue weighted by Gasteiger charge is -2.28. The Bertz CT molecular complexity index is 860. The number of hydrogen-bond acceptors (Lipinski definition) is 10. The van der Waals surface area contributed by atoms with Gasteiger partial charge in [0.25, 0.3) is 0 Å². The number of hydrogen-bond donors (Lipinski definition) is 3. The van der Waals surface area contributed by atoms with Crippen LogP contribution in [-0.2, 0) is 9.47 Å². The Hall–Kier alpha value is -2.44. The summed E-state index contributed by atoms with van der Waals surface area (Å²) in [5, 5.41) is 11.6. The standard InChI is InChI=1S/C15H21N5O6S/c1-2-24-14(22)17-7-26-12-10-11(18-13(16)19-12)20(15(23)27-10)9-4-3-8(5-21)6-25-9/h8-9,21H,2-7H2,1H3,(H,17,22)(H2,16,18,19). The molecule has 2 aromatic heterocycles. The molecular weight excluding hydrogens is 378 g/mol. The molecule has 0 bridgehead atoms. The molecule has 0 radical (unpaired) electrons. The van der Waals surface area contributed by atoms with Crippen LogP contribution in [0.3, 0.4) is 0 Å². The molecule has 0 aromatic carbocycles. The van der Waals surface area contributed by atoms with Gasteiger partial charge in [0, 0.05) is 12.5 Å². The van der Waals surface area contributed by atoms with Gasteiger partial charge in [-0.15, -0.1) is 0 Å². The van der Waals surface area contributed by atoms with E-state index in [0.717, 1.165) is 17.8 Å². The van der Waals surface area contributed by atoms with Gasteiger partial charge >= 0.3 is 11.0 Å². The Kier molecular flexibility index (Phi) is 6.08. The minimum atomic E-state index is -0.629. The highest BCUT2D eigenvalue weighted by Gasteiger charge is 2.27. The number of thiazole rings is 1. The van der Waals surface area contributed by atoms with Crippen molar-refractivity contribution in [2.75, 3.05) is 32.3 Å². The van der Waals surface area contributed by atoms with E-state index in [9.17, 15) is 14.7 Å². The van der Waals surface area contributed by atoms with Gasteiger partial charge in [-0.3, -0.25) is 14.7 Å². The number of fused-ring (bicyclic) bond motifs is 1. The van der Waals surface area contributed by atoms with E-state index in [0.29, 0.717) is 23.4 Å². The first-order chi connectivity index (χ1) is 13.0. The number of aromatic nitrogens is 3. The maximum Gasteiger partial charge on any atom is 0.409 e. The van der Waals surface area contributed by atoms with E-state index in [1.165, 1.54) is 4.57 Å². The van der Waals surface area contributed by atoms with Crippen molar-refractivity contribution in [1.82, 2.24) is 19.9 Å². The number of nitrogen functional groups attached to an aromatic ring is 1. The molecule has 1 aliphatic rings. The summed E-state index contributed by atoms with van der Waals surface area (Å²) in [6.45, 7) is 2.13. The lowest BCUT2D eigenvalue weighted by Crippen LogP contribution is -2.30. The van der Waals surface area contributed by atoms with Gasteiger partial charge in [-0.25, -0.2) is 4.79 Å². The van der Waals surface area contributed by atoms with Crippen molar-refractivity contribution in [3.63, 3.8) is 0 Å². The largest absolute Gasteiger partial charge is 0.455 e. The summed E-state index contributed by atoms with van der Waals surface area (Å²) in [5.74, 6) is 0.0952. The Morgan fingerprint density at radius 2 is 2.30 bits per heavy atom. The second-order valence-electron chi connectivity index (χ2n) is 5.88. The first-order valence-electron chi connectivity index (χ1n) is 8.47. The van der Waals surface area contributed by atoms with E-state index in [1.807, 2.05) is 0 Å². The molecule has 0 spiro atoms. The van der Waals surface area contributed by atoms with Crippen molar-refractivity contribution in [1.29, 1.82) is 0 Å². The number of nitrogens with two attached hydrogens (primary N) is 1. The smallest absolute Gasteiger partial charge is 0.409 e. The average Bonchev–Trinajstić information content (AvgIpc) is 2.98. The summed E-state index contributed by atoms with van der Waals surface area (Å²) in [6.07, 6.45) is 0.184. The van der Waals surface area contributed by atoms with Crippen LogP contribution >= 0.6 is 11.3 Å². The number of aliphatic hydroxyl groups excluding tert-OH is 1. The Morgan fingerprint density at radius 3 is 2.96 bits per heavy atom. The number of rotatable bonds is 6. The van der Waals surface area contributed by atoms with Gasteiger partial charge in [-0.05, 0) is 19.8 Å². The second kappa shape index (κ2) is 8.50. The third-order valence-electron chi connectivity index (χ3n) is 4.04. The van der Waals surface area contributed by atoms with Crippen molar-refractivity contribution >= 4 is 33.7 Å². The van der Waals surface area contributed by atoms with E-state index in [-0.39, 0.29) is 42.6 Å². The first-order valence-corrected chi connectivity index (χ1v) is 9.29. The molecule has 1 saturated heterocycles. The zero-order chi connectivity index (χ0) is 19.4. The molecule has 1 fully saturated rings. The predicted molar refractivity (Wildman–Crippen MR) is 96.5 cm³/mol. The molecule has 2 unspecified atom stereocenters. The molecule has 27 heavy (non-hydrogen) atoms. The van der Waals surface area contributed by atoms with Crippen LogP contribution in [0.5, 0.6) is 5.88 Å². The number of nitrogens with one attached hydrogen (secondary N) is 1. The fourth-order valence-electron chi connectivity index (χ4n) is 2.75. The number of amides is 1. The van der Waals surface area contributed by atoms with Crippen molar-refractivity contribution in [3.05, 3.63) is 9.67 Å². The van der Waals surface area contributed by atoms with Crippen molar-refractivity contribution in [3.8, 4) is 5.88 Å².